The van der Waals surface area contributed by atoms with Crippen molar-refractivity contribution in [1.29, 1.82) is 5.26 Å². The lowest BCUT2D eigenvalue weighted by molar-refractivity contribution is 0.441. The van der Waals surface area contributed by atoms with E-state index in [1.807, 2.05) is 66.1 Å². The van der Waals surface area contributed by atoms with Gasteiger partial charge >= 0.3 is 0 Å². The van der Waals surface area contributed by atoms with E-state index in [0.717, 1.165) is 33.3 Å². The molecule has 0 saturated heterocycles. The summed E-state index contributed by atoms with van der Waals surface area (Å²) in [7, 11) is 0. The second kappa shape index (κ2) is 8.43. The fraction of sp³-hybridized carbons (Fsp3) is 0.0385. The van der Waals surface area contributed by atoms with Crippen molar-refractivity contribution < 1.29 is 4.52 Å². The average molecular weight is 454 g/mol. The van der Waals surface area contributed by atoms with Crippen LogP contribution >= 0.6 is 22.9 Å². The second-order valence-corrected chi connectivity index (χ2v) is 8.66. The molecular formula is C26H16ClN3OS. The number of halogens is 1. The SMILES string of the molecule is Cc1ccc(-c2csc(/C(C#N)=C/c3ccc4noc(-c5ccc(Cl)cc5)c4c3)n2)cc1. The van der Waals surface area contributed by atoms with Crippen LogP contribution in [0, 0.1) is 18.3 Å². The highest BCUT2D eigenvalue weighted by atomic mass is 35.5. The standard InChI is InChI=1S/C26H16ClN3OS/c1-16-2-5-18(6-3-16)24-15-32-26(29-24)20(14-28)12-17-4-11-23-22(13-17)25(31-30-23)19-7-9-21(27)10-8-19/h2-13,15H,1H3/b20-12+. The van der Waals surface area contributed by atoms with Gasteiger partial charge in [0, 0.05) is 21.5 Å². The van der Waals surface area contributed by atoms with E-state index in [0.29, 0.717) is 21.4 Å². The zero-order chi connectivity index (χ0) is 22.1. The van der Waals surface area contributed by atoms with Crippen molar-refractivity contribution in [2.24, 2.45) is 0 Å². The Hall–Kier alpha value is -3.72. The van der Waals surface area contributed by atoms with Gasteiger partial charge in [-0.15, -0.1) is 11.3 Å². The Morgan fingerprint density at radius 2 is 1.78 bits per heavy atom. The summed E-state index contributed by atoms with van der Waals surface area (Å²) in [6.07, 6.45) is 1.84. The van der Waals surface area contributed by atoms with Crippen molar-refractivity contribution in [2.75, 3.05) is 0 Å². The van der Waals surface area contributed by atoms with Crippen molar-refractivity contribution in [3.63, 3.8) is 0 Å². The number of rotatable bonds is 4. The highest BCUT2D eigenvalue weighted by Crippen LogP contribution is 2.32. The molecule has 0 aliphatic rings. The minimum Gasteiger partial charge on any atom is -0.355 e. The molecule has 4 nitrogen and oxygen atoms in total. The van der Waals surface area contributed by atoms with Gasteiger partial charge in [-0.3, -0.25) is 0 Å². The summed E-state index contributed by atoms with van der Waals surface area (Å²) in [4.78, 5) is 4.69. The van der Waals surface area contributed by atoms with Crippen LogP contribution in [-0.2, 0) is 0 Å². The quantitative estimate of drug-likeness (QED) is 0.262. The Morgan fingerprint density at radius 3 is 2.53 bits per heavy atom. The smallest absolute Gasteiger partial charge is 0.174 e. The second-order valence-electron chi connectivity index (χ2n) is 7.37. The lowest BCUT2D eigenvalue weighted by atomic mass is 10.0. The number of aromatic nitrogens is 2. The van der Waals surface area contributed by atoms with Crippen LogP contribution in [0.1, 0.15) is 16.1 Å². The monoisotopic (exact) mass is 453 g/mol. The van der Waals surface area contributed by atoms with Gasteiger partial charge in [-0.1, -0.05) is 52.7 Å². The first-order valence-electron chi connectivity index (χ1n) is 9.91. The number of allylic oxidation sites excluding steroid dienone is 1. The van der Waals surface area contributed by atoms with Crippen molar-refractivity contribution in [3.8, 4) is 28.7 Å². The maximum absolute atomic E-state index is 9.79. The molecule has 5 aromatic rings. The van der Waals surface area contributed by atoms with E-state index < -0.39 is 0 Å². The molecule has 0 saturated carbocycles. The predicted octanol–water partition coefficient (Wildman–Crippen LogP) is 7.64. The minimum atomic E-state index is 0.511. The largest absolute Gasteiger partial charge is 0.355 e. The number of aryl methyl sites for hydroxylation is 1. The van der Waals surface area contributed by atoms with Gasteiger partial charge in [0.25, 0.3) is 0 Å². The highest BCUT2D eigenvalue weighted by Gasteiger charge is 2.13. The molecule has 0 spiro atoms. The first-order chi connectivity index (χ1) is 15.6. The summed E-state index contributed by atoms with van der Waals surface area (Å²) >= 11 is 7.47. The van der Waals surface area contributed by atoms with E-state index in [-0.39, 0.29) is 0 Å². The number of hydrogen-bond donors (Lipinski definition) is 0. The minimum absolute atomic E-state index is 0.511. The summed E-state index contributed by atoms with van der Waals surface area (Å²) in [6, 6.07) is 23.7. The topological polar surface area (TPSA) is 62.7 Å². The Labute approximate surface area is 194 Å². The number of thiazole rings is 1. The Bertz CT molecular complexity index is 1490. The molecule has 2 aromatic heterocycles. The summed E-state index contributed by atoms with van der Waals surface area (Å²) in [5, 5.41) is 18.1. The number of hydrogen-bond acceptors (Lipinski definition) is 5. The van der Waals surface area contributed by atoms with E-state index in [1.165, 1.54) is 16.9 Å². The molecule has 0 unspecified atom stereocenters. The normalized spacial score (nSPS) is 11.6. The van der Waals surface area contributed by atoms with Gasteiger partial charge in [-0.05, 0) is 55.0 Å². The molecule has 5 rings (SSSR count). The molecule has 154 valence electrons. The van der Waals surface area contributed by atoms with Crippen LogP contribution in [0.25, 0.3) is 45.1 Å². The third-order valence-electron chi connectivity index (χ3n) is 5.12. The van der Waals surface area contributed by atoms with Crippen LogP contribution in [0.5, 0.6) is 0 Å². The van der Waals surface area contributed by atoms with Gasteiger partial charge in [0.15, 0.2) is 5.76 Å². The maximum atomic E-state index is 9.79. The van der Waals surface area contributed by atoms with Crippen LogP contribution in [0.4, 0.5) is 0 Å². The zero-order valence-electron chi connectivity index (χ0n) is 17.0. The molecule has 0 N–H and O–H groups in total. The number of nitrogens with zero attached hydrogens (tertiary/aromatic N) is 3. The number of benzene rings is 3. The highest BCUT2D eigenvalue weighted by molar-refractivity contribution is 7.11. The number of fused-ring (bicyclic) bond motifs is 1. The first kappa shape index (κ1) is 20.2. The molecule has 0 amide bonds. The summed E-state index contributed by atoms with van der Waals surface area (Å²) in [6.45, 7) is 2.05. The van der Waals surface area contributed by atoms with Crippen LogP contribution < -0.4 is 0 Å². The molecule has 0 atom stereocenters. The average Bonchev–Trinajstić information content (AvgIpc) is 3.46. The summed E-state index contributed by atoms with van der Waals surface area (Å²) in [5.41, 5.74) is 6.13. The number of nitriles is 1. The third kappa shape index (κ3) is 3.94. The van der Waals surface area contributed by atoms with Gasteiger partial charge in [0.2, 0.25) is 0 Å². The Balaban J connectivity index is 1.51. The fourth-order valence-electron chi connectivity index (χ4n) is 3.42. The lowest BCUT2D eigenvalue weighted by Gasteiger charge is -2.00. The van der Waals surface area contributed by atoms with E-state index in [1.54, 1.807) is 0 Å². The molecule has 6 heteroatoms. The predicted molar refractivity (Wildman–Crippen MR) is 130 cm³/mol. The van der Waals surface area contributed by atoms with Crippen molar-refractivity contribution in [2.45, 2.75) is 6.92 Å². The molecule has 0 aliphatic heterocycles. The Morgan fingerprint density at radius 1 is 1.03 bits per heavy atom. The van der Waals surface area contributed by atoms with Gasteiger partial charge in [-0.25, -0.2) is 4.98 Å². The van der Waals surface area contributed by atoms with Gasteiger partial charge in [0.1, 0.15) is 16.6 Å². The third-order valence-corrected chi connectivity index (χ3v) is 6.25. The fourth-order valence-corrected chi connectivity index (χ4v) is 4.34. The molecule has 0 aliphatic carbocycles. The van der Waals surface area contributed by atoms with Crippen molar-refractivity contribution in [1.82, 2.24) is 10.1 Å². The van der Waals surface area contributed by atoms with Crippen LogP contribution in [0.2, 0.25) is 5.02 Å². The van der Waals surface area contributed by atoms with Gasteiger partial charge in [-0.2, -0.15) is 5.26 Å². The summed E-state index contributed by atoms with van der Waals surface area (Å²) in [5.74, 6) is 0.668. The van der Waals surface area contributed by atoms with Crippen LogP contribution in [0.3, 0.4) is 0 Å². The van der Waals surface area contributed by atoms with Gasteiger partial charge < -0.3 is 4.52 Å². The molecule has 0 radical (unpaired) electrons. The first-order valence-corrected chi connectivity index (χ1v) is 11.2. The molecule has 0 fully saturated rings. The van der Waals surface area contributed by atoms with E-state index >= 15 is 0 Å². The van der Waals surface area contributed by atoms with Crippen molar-refractivity contribution >= 4 is 45.5 Å². The zero-order valence-corrected chi connectivity index (χ0v) is 18.6. The van der Waals surface area contributed by atoms with E-state index in [4.69, 9.17) is 16.1 Å². The molecule has 32 heavy (non-hydrogen) atoms. The van der Waals surface area contributed by atoms with Crippen LogP contribution in [0.15, 0.2) is 76.6 Å². The molecule has 2 heterocycles. The van der Waals surface area contributed by atoms with E-state index in [2.05, 4.69) is 35.3 Å². The maximum Gasteiger partial charge on any atom is 0.174 e. The molecule has 0 bridgehead atoms. The lowest BCUT2D eigenvalue weighted by Crippen LogP contribution is -1.84. The Kier molecular flexibility index (Phi) is 5.32. The van der Waals surface area contributed by atoms with Crippen molar-refractivity contribution in [3.05, 3.63) is 93.3 Å². The van der Waals surface area contributed by atoms with E-state index in [9.17, 15) is 5.26 Å². The molecular weight excluding hydrogens is 438 g/mol. The summed E-state index contributed by atoms with van der Waals surface area (Å²) < 4.78 is 5.58. The van der Waals surface area contributed by atoms with Gasteiger partial charge in [0.05, 0.1) is 16.7 Å². The molecule has 3 aromatic carbocycles. The van der Waals surface area contributed by atoms with Crippen LogP contribution in [-0.4, -0.2) is 10.1 Å².